The van der Waals surface area contributed by atoms with E-state index in [4.69, 9.17) is 0 Å². The largest absolute Gasteiger partial charge is 0.573 e. The van der Waals surface area contributed by atoms with Gasteiger partial charge in [-0.1, -0.05) is 0 Å². The van der Waals surface area contributed by atoms with Crippen LogP contribution in [0.25, 0.3) is 0 Å². The molecule has 0 N–H and O–H groups in total. The molecule has 0 unspecified atom stereocenters. The second kappa shape index (κ2) is 4.37. The van der Waals surface area contributed by atoms with Crippen molar-refractivity contribution in [2.45, 2.75) is 6.36 Å². The molecule has 0 saturated carbocycles. The fraction of sp³-hybridized carbons (Fsp3) is 0.125. The van der Waals surface area contributed by atoms with Gasteiger partial charge >= 0.3 is 6.36 Å². The van der Waals surface area contributed by atoms with Crippen LogP contribution in [0.4, 0.5) is 23.2 Å². The lowest BCUT2D eigenvalue weighted by Crippen LogP contribution is -2.17. The molecule has 0 aliphatic carbocycles. The van der Waals surface area contributed by atoms with E-state index < -0.39 is 17.9 Å². The first-order chi connectivity index (χ1) is 6.92. The summed E-state index contributed by atoms with van der Waals surface area (Å²) in [5.74, 6) is -2.08. The normalized spacial score (nSPS) is 10.7. The molecular weight excluding hydrogens is 234 g/mol. The summed E-state index contributed by atoms with van der Waals surface area (Å²) in [7, 11) is 0. The predicted molar refractivity (Wildman–Crippen MR) is 47.8 cm³/mol. The number of isothiocyanates is 1. The van der Waals surface area contributed by atoms with Gasteiger partial charge in [-0.3, -0.25) is 0 Å². The molecule has 0 aromatic heterocycles. The molecule has 80 valence electrons. The summed E-state index contributed by atoms with van der Waals surface area (Å²) in [5, 5.41) is 1.94. The number of halogens is 4. The molecule has 0 radical (unpaired) electrons. The van der Waals surface area contributed by atoms with Crippen LogP contribution >= 0.6 is 12.2 Å². The highest BCUT2D eigenvalue weighted by atomic mass is 32.1. The Labute approximate surface area is 87.2 Å². The highest BCUT2D eigenvalue weighted by Crippen LogP contribution is 2.28. The van der Waals surface area contributed by atoms with Gasteiger partial charge in [0.25, 0.3) is 0 Å². The van der Waals surface area contributed by atoms with Crippen LogP contribution in [0.5, 0.6) is 5.75 Å². The number of hydrogen-bond donors (Lipinski definition) is 0. The van der Waals surface area contributed by atoms with E-state index in [0.717, 1.165) is 18.2 Å². The van der Waals surface area contributed by atoms with Gasteiger partial charge in [-0.2, -0.15) is 4.99 Å². The van der Waals surface area contributed by atoms with E-state index in [1.165, 1.54) is 0 Å². The molecule has 0 spiro atoms. The third-order valence-electron chi connectivity index (χ3n) is 1.32. The van der Waals surface area contributed by atoms with E-state index >= 15 is 0 Å². The van der Waals surface area contributed by atoms with Crippen molar-refractivity contribution < 1.29 is 22.3 Å². The predicted octanol–water partition coefficient (Wildman–Crippen LogP) is 3.46. The number of thiocarbonyl (C=S) groups is 1. The lowest BCUT2D eigenvalue weighted by Gasteiger charge is -2.09. The van der Waals surface area contributed by atoms with Crippen LogP contribution < -0.4 is 4.74 Å². The van der Waals surface area contributed by atoms with E-state index in [0.29, 0.717) is 0 Å². The zero-order valence-electron chi connectivity index (χ0n) is 7.01. The Bertz CT molecular complexity index is 412. The fourth-order valence-electron chi connectivity index (χ4n) is 0.817. The van der Waals surface area contributed by atoms with Gasteiger partial charge in [0.15, 0.2) is 11.6 Å². The summed E-state index contributed by atoms with van der Waals surface area (Å²) in [5.41, 5.74) is 0.0330. The first kappa shape index (κ1) is 11.6. The molecule has 1 aromatic rings. The first-order valence-electron chi connectivity index (χ1n) is 3.55. The van der Waals surface area contributed by atoms with Gasteiger partial charge in [0, 0.05) is 6.07 Å². The topological polar surface area (TPSA) is 21.6 Å². The number of hydrogen-bond acceptors (Lipinski definition) is 3. The molecule has 0 bridgehead atoms. The number of nitrogens with zero attached hydrogens (tertiary/aromatic N) is 1. The van der Waals surface area contributed by atoms with Crippen molar-refractivity contribution in [3.8, 4) is 5.75 Å². The maximum absolute atomic E-state index is 12.8. The highest BCUT2D eigenvalue weighted by Gasteiger charge is 2.32. The van der Waals surface area contributed by atoms with Crippen molar-refractivity contribution in [3.05, 3.63) is 24.0 Å². The van der Waals surface area contributed by atoms with E-state index in [9.17, 15) is 17.6 Å². The monoisotopic (exact) mass is 237 g/mol. The number of aliphatic imine (C=N–C) groups is 1. The zero-order valence-corrected chi connectivity index (χ0v) is 7.82. The summed E-state index contributed by atoms with van der Waals surface area (Å²) in [6.07, 6.45) is -4.94. The molecule has 0 atom stereocenters. The summed E-state index contributed by atoms with van der Waals surface area (Å²) in [4.78, 5) is 3.39. The molecule has 0 aliphatic heterocycles. The van der Waals surface area contributed by atoms with E-state index in [-0.39, 0.29) is 5.69 Å². The minimum Gasteiger partial charge on any atom is -0.403 e. The second-order valence-corrected chi connectivity index (χ2v) is 2.55. The quantitative estimate of drug-likeness (QED) is 0.446. The molecule has 0 heterocycles. The number of benzene rings is 1. The molecule has 0 aliphatic rings. The standard InChI is InChI=1S/C8H3F4NOS/c9-6-2-1-5(13-4-15)3-7(6)14-8(10,11)12/h1-3H. The third-order valence-corrected chi connectivity index (χ3v) is 1.41. The van der Waals surface area contributed by atoms with E-state index in [1.54, 1.807) is 0 Å². The van der Waals surface area contributed by atoms with E-state index in [1.807, 2.05) is 5.16 Å². The molecule has 1 rings (SSSR count). The smallest absolute Gasteiger partial charge is 0.403 e. The van der Waals surface area contributed by atoms with Crippen LogP contribution in [0, 0.1) is 5.82 Å². The lowest BCUT2D eigenvalue weighted by atomic mass is 10.3. The van der Waals surface area contributed by atoms with Crippen LogP contribution in [-0.2, 0) is 0 Å². The Hall–Kier alpha value is -1.46. The van der Waals surface area contributed by atoms with Crippen LogP contribution in [0.15, 0.2) is 23.2 Å². The number of ether oxygens (including phenoxy) is 1. The van der Waals surface area contributed by atoms with Gasteiger partial charge in [-0.15, -0.1) is 13.2 Å². The Kier molecular flexibility index (Phi) is 3.39. The Morgan fingerprint density at radius 1 is 1.33 bits per heavy atom. The van der Waals surface area contributed by atoms with Crippen molar-refractivity contribution in [1.29, 1.82) is 0 Å². The van der Waals surface area contributed by atoms with Crippen molar-refractivity contribution in [2.75, 3.05) is 0 Å². The van der Waals surface area contributed by atoms with Gasteiger partial charge in [0.05, 0.1) is 10.8 Å². The second-order valence-electron chi connectivity index (χ2n) is 2.37. The summed E-state index contributed by atoms with van der Waals surface area (Å²) >= 11 is 4.25. The van der Waals surface area contributed by atoms with Crippen molar-refractivity contribution >= 4 is 23.1 Å². The summed E-state index contributed by atoms with van der Waals surface area (Å²) < 4.78 is 51.6. The molecule has 0 saturated heterocycles. The summed E-state index contributed by atoms with van der Waals surface area (Å²) in [6.45, 7) is 0. The average molecular weight is 237 g/mol. The first-order valence-corrected chi connectivity index (χ1v) is 3.96. The zero-order chi connectivity index (χ0) is 11.5. The van der Waals surface area contributed by atoms with Crippen molar-refractivity contribution in [2.24, 2.45) is 4.99 Å². The van der Waals surface area contributed by atoms with E-state index in [2.05, 4.69) is 21.9 Å². The molecule has 15 heavy (non-hydrogen) atoms. The molecular formula is C8H3F4NOS. The fourth-order valence-corrected chi connectivity index (χ4v) is 0.923. The van der Waals surface area contributed by atoms with Gasteiger partial charge in [0.2, 0.25) is 0 Å². The van der Waals surface area contributed by atoms with Crippen LogP contribution in [-0.4, -0.2) is 11.5 Å². The maximum atomic E-state index is 12.8. The number of alkyl halides is 3. The van der Waals surface area contributed by atoms with Crippen LogP contribution in [0.1, 0.15) is 0 Å². The molecule has 0 fully saturated rings. The van der Waals surface area contributed by atoms with Gasteiger partial charge in [-0.25, -0.2) is 4.39 Å². The van der Waals surface area contributed by atoms with Gasteiger partial charge in [-0.05, 0) is 24.4 Å². The minimum atomic E-state index is -4.94. The lowest BCUT2D eigenvalue weighted by molar-refractivity contribution is -0.275. The van der Waals surface area contributed by atoms with Crippen molar-refractivity contribution in [3.63, 3.8) is 0 Å². The Morgan fingerprint density at radius 2 is 2.00 bits per heavy atom. The number of rotatable bonds is 2. The highest BCUT2D eigenvalue weighted by molar-refractivity contribution is 7.78. The molecule has 7 heteroatoms. The maximum Gasteiger partial charge on any atom is 0.573 e. The Balaban J connectivity index is 3.05. The van der Waals surface area contributed by atoms with Crippen LogP contribution in [0.2, 0.25) is 0 Å². The third kappa shape index (κ3) is 3.65. The van der Waals surface area contributed by atoms with Crippen LogP contribution in [0.3, 0.4) is 0 Å². The molecule has 1 aromatic carbocycles. The van der Waals surface area contributed by atoms with Crippen molar-refractivity contribution in [1.82, 2.24) is 0 Å². The molecule has 2 nitrogen and oxygen atoms in total. The van der Waals surface area contributed by atoms with Gasteiger partial charge in [0.1, 0.15) is 0 Å². The minimum absolute atomic E-state index is 0.0330. The molecule has 0 amide bonds. The SMILES string of the molecule is Fc1ccc(N=C=S)cc1OC(F)(F)F. The summed E-state index contributed by atoms with van der Waals surface area (Å²) in [6, 6.07) is 2.73. The average Bonchev–Trinajstić information content (AvgIpc) is 2.09. The Morgan fingerprint density at radius 3 is 2.53 bits per heavy atom. The van der Waals surface area contributed by atoms with Gasteiger partial charge < -0.3 is 4.74 Å².